The third kappa shape index (κ3) is 4.23. The van der Waals surface area contributed by atoms with E-state index in [1.165, 1.54) is 0 Å². The summed E-state index contributed by atoms with van der Waals surface area (Å²) in [5.41, 5.74) is 7.64. The van der Waals surface area contributed by atoms with Crippen LogP contribution in [0.2, 0.25) is 0 Å². The normalized spacial score (nSPS) is 19.4. The molecule has 0 saturated carbocycles. The molecule has 0 bridgehead atoms. The number of thioether (sulfide) groups is 1. The summed E-state index contributed by atoms with van der Waals surface area (Å²) >= 11 is 1.64. The van der Waals surface area contributed by atoms with Crippen molar-refractivity contribution in [2.24, 2.45) is 5.73 Å². The number of nitrogens with zero attached hydrogens (tertiary/aromatic N) is 2. The van der Waals surface area contributed by atoms with Gasteiger partial charge in [-0.2, -0.15) is 0 Å². The highest BCUT2D eigenvalue weighted by Gasteiger charge is 2.37. The maximum atomic E-state index is 12.8. The van der Waals surface area contributed by atoms with Crippen molar-refractivity contribution in [2.75, 3.05) is 13.6 Å². The predicted octanol–water partition coefficient (Wildman–Crippen LogP) is 1.66. The van der Waals surface area contributed by atoms with Crippen LogP contribution in [0.25, 0.3) is 0 Å². The highest BCUT2D eigenvalue weighted by atomic mass is 32.2. The number of hydrogen-bond donors (Lipinski definition) is 2. The smallest absolute Gasteiger partial charge is 0.254 e. The number of hydrogen-bond acceptors (Lipinski definition) is 5. The van der Waals surface area contributed by atoms with Gasteiger partial charge in [0.1, 0.15) is 6.04 Å². The highest BCUT2D eigenvalue weighted by molar-refractivity contribution is 7.98. The Hall–Kier alpha value is -2.38. The third-order valence-electron chi connectivity index (χ3n) is 4.37. The van der Waals surface area contributed by atoms with Crippen molar-refractivity contribution in [3.63, 3.8) is 0 Å². The molecule has 26 heavy (non-hydrogen) atoms. The minimum atomic E-state index is -0.498. The molecular weight excluding hydrogens is 348 g/mol. The van der Waals surface area contributed by atoms with Crippen LogP contribution in [0, 0.1) is 0 Å². The number of rotatable bonds is 5. The molecule has 1 aliphatic heterocycles. The van der Waals surface area contributed by atoms with Crippen LogP contribution in [0.4, 0.5) is 0 Å². The van der Waals surface area contributed by atoms with E-state index in [-0.39, 0.29) is 17.9 Å². The second kappa shape index (κ2) is 8.33. The minimum absolute atomic E-state index is 0.157. The van der Waals surface area contributed by atoms with Crippen LogP contribution < -0.4 is 11.1 Å². The molecule has 0 radical (unpaired) electrons. The first kappa shape index (κ1) is 18.4. The topological polar surface area (TPSA) is 88.3 Å². The van der Waals surface area contributed by atoms with Crippen molar-refractivity contribution in [1.82, 2.24) is 15.2 Å². The summed E-state index contributed by atoms with van der Waals surface area (Å²) < 4.78 is 0. The Morgan fingerprint density at radius 3 is 2.69 bits per heavy atom. The van der Waals surface area contributed by atoms with Crippen LogP contribution in [-0.2, 0) is 10.5 Å². The monoisotopic (exact) mass is 370 g/mol. The van der Waals surface area contributed by atoms with Gasteiger partial charge in [-0.15, -0.1) is 11.8 Å². The van der Waals surface area contributed by atoms with E-state index in [1.54, 1.807) is 42.0 Å². The first-order valence-corrected chi connectivity index (χ1v) is 9.48. The summed E-state index contributed by atoms with van der Waals surface area (Å²) in [5, 5.41) is 3.57. The maximum Gasteiger partial charge on any atom is 0.254 e. The van der Waals surface area contributed by atoms with E-state index in [4.69, 9.17) is 5.73 Å². The van der Waals surface area contributed by atoms with Gasteiger partial charge in [0.05, 0.1) is 5.03 Å². The molecule has 136 valence electrons. The number of benzene rings is 1. The zero-order valence-corrected chi connectivity index (χ0v) is 15.4. The summed E-state index contributed by atoms with van der Waals surface area (Å²) in [6.45, 7) is 0.397. The van der Waals surface area contributed by atoms with Crippen LogP contribution in [0.1, 0.15) is 22.3 Å². The molecule has 1 aromatic heterocycles. The van der Waals surface area contributed by atoms with Crippen molar-refractivity contribution < 1.29 is 9.59 Å². The zero-order valence-electron chi connectivity index (χ0n) is 14.6. The number of likely N-dealkylation sites (N-methyl/N-ethyl adjacent to an activating group) is 1. The standard InChI is InChI=1S/C19H22N4O2S/c1-21-18(24)16-10-15(20)11-23(16)19(25)14-7-5-13(6-8-14)12-26-17-4-2-3-9-22-17/h2-9,15-16H,10-12,20H2,1H3,(H,21,24)/t15-,16-/m0/s1. The minimum Gasteiger partial charge on any atom is -0.357 e. The van der Waals surface area contributed by atoms with E-state index in [0.717, 1.165) is 16.3 Å². The molecule has 2 aromatic rings. The molecule has 2 heterocycles. The van der Waals surface area contributed by atoms with Crippen molar-refractivity contribution >= 4 is 23.6 Å². The van der Waals surface area contributed by atoms with E-state index in [1.807, 2.05) is 30.3 Å². The summed E-state index contributed by atoms with van der Waals surface area (Å²) in [7, 11) is 1.57. The molecular formula is C19H22N4O2S. The van der Waals surface area contributed by atoms with Crippen molar-refractivity contribution in [2.45, 2.75) is 29.3 Å². The lowest BCUT2D eigenvalue weighted by molar-refractivity contribution is -0.124. The molecule has 0 spiro atoms. The first-order valence-electron chi connectivity index (χ1n) is 8.49. The van der Waals surface area contributed by atoms with Gasteiger partial charge < -0.3 is 16.0 Å². The molecule has 3 N–H and O–H groups in total. The molecule has 1 aliphatic rings. The molecule has 1 aromatic carbocycles. The van der Waals surface area contributed by atoms with Gasteiger partial charge in [0.2, 0.25) is 5.91 Å². The van der Waals surface area contributed by atoms with E-state index in [9.17, 15) is 9.59 Å². The lowest BCUT2D eigenvalue weighted by Crippen LogP contribution is -2.45. The van der Waals surface area contributed by atoms with Crippen molar-refractivity contribution in [3.05, 3.63) is 59.8 Å². The Morgan fingerprint density at radius 1 is 1.27 bits per heavy atom. The van der Waals surface area contributed by atoms with Crippen LogP contribution in [0.5, 0.6) is 0 Å². The molecule has 0 unspecified atom stereocenters. The second-order valence-corrected chi connectivity index (χ2v) is 7.23. The summed E-state index contributed by atoms with van der Waals surface area (Å²) in [4.78, 5) is 30.7. The van der Waals surface area contributed by atoms with Gasteiger partial charge in [-0.05, 0) is 36.2 Å². The lowest BCUT2D eigenvalue weighted by atomic mass is 10.1. The predicted molar refractivity (Wildman–Crippen MR) is 102 cm³/mol. The van der Waals surface area contributed by atoms with E-state index in [2.05, 4.69) is 10.3 Å². The number of nitrogens with two attached hydrogens (primary N) is 1. The van der Waals surface area contributed by atoms with E-state index < -0.39 is 6.04 Å². The maximum absolute atomic E-state index is 12.8. The fourth-order valence-corrected chi connectivity index (χ4v) is 3.82. The zero-order chi connectivity index (χ0) is 18.5. The van der Waals surface area contributed by atoms with E-state index in [0.29, 0.717) is 18.5 Å². The number of pyridine rings is 1. The van der Waals surface area contributed by atoms with Crippen LogP contribution in [-0.4, -0.2) is 47.4 Å². The van der Waals surface area contributed by atoms with Gasteiger partial charge in [-0.3, -0.25) is 9.59 Å². The van der Waals surface area contributed by atoms with Crippen LogP contribution in [0.15, 0.2) is 53.7 Å². The van der Waals surface area contributed by atoms with Gasteiger partial charge in [0.25, 0.3) is 5.91 Å². The largest absolute Gasteiger partial charge is 0.357 e. The van der Waals surface area contributed by atoms with E-state index >= 15 is 0 Å². The van der Waals surface area contributed by atoms with Gasteiger partial charge in [0, 0.05) is 37.1 Å². The Labute approximate surface area is 157 Å². The Kier molecular flexibility index (Phi) is 5.90. The number of carbonyl (C=O) groups excluding carboxylic acids is 2. The Morgan fingerprint density at radius 2 is 2.04 bits per heavy atom. The molecule has 6 nitrogen and oxygen atoms in total. The Bertz CT molecular complexity index is 767. The summed E-state index contributed by atoms with van der Waals surface area (Å²) in [5.74, 6) is 0.450. The van der Waals surface area contributed by atoms with Gasteiger partial charge in [-0.25, -0.2) is 4.98 Å². The number of aromatic nitrogens is 1. The van der Waals surface area contributed by atoms with Gasteiger partial charge >= 0.3 is 0 Å². The number of likely N-dealkylation sites (tertiary alicyclic amines) is 1. The molecule has 2 amide bonds. The van der Waals surface area contributed by atoms with Crippen molar-refractivity contribution in [1.29, 1.82) is 0 Å². The molecule has 1 fully saturated rings. The molecule has 3 rings (SSSR count). The second-order valence-electron chi connectivity index (χ2n) is 6.24. The number of nitrogens with one attached hydrogen (secondary N) is 1. The number of carbonyl (C=O) groups is 2. The fourth-order valence-electron chi connectivity index (χ4n) is 3.01. The SMILES string of the molecule is CNC(=O)[C@@H]1C[C@H](N)CN1C(=O)c1ccc(CSc2ccccn2)cc1. The first-order chi connectivity index (χ1) is 12.6. The molecule has 2 atom stereocenters. The van der Waals surface area contributed by atoms with Gasteiger partial charge in [-0.1, -0.05) is 18.2 Å². The number of amides is 2. The average Bonchev–Trinajstić information content (AvgIpc) is 3.08. The summed E-state index contributed by atoms with van der Waals surface area (Å²) in [6, 6.07) is 12.6. The average molecular weight is 370 g/mol. The lowest BCUT2D eigenvalue weighted by Gasteiger charge is -2.23. The Balaban J connectivity index is 1.65. The summed E-state index contributed by atoms with van der Waals surface area (Å²) in [6.07, 6.45) is 2.26. The highest BCUT2D eigenvalue weighted by Crippen LogP contribution is 2.23. The fraction of sp³-hybridized carbons (Fsp3) is 0.316. The quantitative estimate of drug-likeness (QED) is 0.782. The van der Waals surface area contributed by atoms with Crippen molar-refractivity contribution in [3.8, 4) is 0 Å². The van der Waals surface area contributed by atoms with Crippen LogP contribution >= 0.6 is 11.8 Å². The van der Waals surface area contributed by atoms with Gasteiger partial charge in [0.15, 0.2) is 0 Å². The third-order valence-corrected chi connectivity index (χ3v) is 5.38. The van der Waals surface area contributed by atoms with Crippen LogP contribution in [0.3, 0.4) is 0 Å². The molecule has 7 heteroatoms. The molecule has 1 saturated heterocycles. The molecule has 0 aliphatic carbocycles.